The van der Waals surface area contributed by atoms with Crippen LogP contribution in [-0.2, 0) is 9.59 Å². The van der Waals surface area contributed by atoms with Crippen molar-refractivity contribution in [2.75, 3.05) is 36.4 Å². The van der Waals surface area contributed by atoms with Crippen molar-refractivity contribution in [1.29, 1.82) is 0 Å². The van der Waals surface area contributed by atoms with Crippen molar-refractivity contribution in [2.24, 2.45) is 11.3 Å². The molecule has 1 saturated heterocycles. The van der Waals surface area contributed by atoms with Gasteiger partial charge in [0.25, 0.3) is 0 Å². The number of hydrogen-bond donors (Lipinski definition) is 1. The lowest BCUT2D eigenvalue weighted by Gasteiger charge is -2.35. The number of benzene rings is 1. The minimum Gasteiger partial charge on any atom is -0.372 e. The van der Waals surface area contributed by atoms with E-state index in [-0.39, 0.29) is 11.8 Å². The third kappa shape index (κ3) is 4.82. The molecule has 0 atom stereocenters. The molecular formula is C22H35N3O2. The van der Waals surface area contributed by atoms with Crippen molar-refractivity contribution in [2.45, 2.75) is 54.4 Å². The van der Waals surface area contributed by atoms with Gasteiger partial charge in [0.1, 0.15) is 5.41 Å². The van der Waals surface area contributed by atoms with Gasteiger partial charge in [0.05, 0.1) is 0 Å². The number of amides is 2. The summed E-state index contributed by atoms with van der Waals surface area (Å²) in [6.07, 6.45) is 2.02. The van der Waals surface area contributed by atoms with E-state index < -0.39 is 5.41 Å². The standard InChI is InChI=1S/C22H35N3O2/c1-7-24(8-2)18-9-10-19(17(4)15-18)23-20(26)22(5,6)21(27)25-13-11-16(3)12-14-25/h9-10,15-16H,7-8,11-14H2,1-6H3,(H,23,26). The van der Waals surface area contributed by atoms with E-state index in [0.29, 0.717) is 5.92 Å². The first-order chi connectivity index (χ1) is 12.7. The number of carbonyl (C=O) groups excluding carboxylic acids is 2. The molecule has 2 amide bonds. The zero-order valence-corrected chi connectivity index (χ0v) is 17.8. The van der Waals surface area contributed by atoms with Crippen LogP contribution in [0.2, 0.25) is 0 Å². The number of anilines is 2. The number of aryl methyl sites for hydroxylation is 1. The van der Waals surface area contributed by atoms with Crippen molar-refractivity contribution in [3.63, 3.8) is 0 Å². The summed E-state index contributed by atoms with van der Waals surface area (Å²) in [6, 6.07) is 6.05. The molecule has 0 saturated carbocycles. The molecule has 0 aliphatic carbocycles. The lowest BCUT2D eigenvalue weighted by molar-refractivity contribution is -0.147. The summed E-state index contributed by atoms with van der Waals surface area (Å²) >= 11 is 0. The van der Waals surface area contributed by atoms with Crippen LogP contribution in [0.1, 0.15) is 53.0 Å². The van der Waals surface area contributed by atoms with Gasteiger partial charge >= 0.3 is 0 Å². The van der Waals surface area contributed by atoms with Crippen molar-refractivity contribution in [3.8, 4) is 0 Å². The summed E-state index contributed by atoms with van der Waals surface area (Å²) in [7, 11) is 0. The Kier molecular flexibility index (Phi) is 6.90. The minimum atomic E-state index is -1.08. The molecule has 0 radical (unpaired) electrons. The zero-order valence-electron chi connectivity index (χ0n) is 17.8. The maximum absolute atomic E-state index is 12.9. The largest absolute Gasteiger partial charge is 0.372 e. The van der Waals surface area contributed by atoms with E-state index in [0.717, 1.165) is 56.0 Å². The van der Waals surface area contributed by atoms with Crippen LogP contribution in [0, 0.1) is 18.3 Å². The number of hydrogen-bond acceptors (Lipinski definition) is 3. The Hall–Kier alpha value is -2.04. The fraction of sp³-hybridized carbons (Fsp3) is 0.636. The molecule has 5 nitrogen and oxygen atoms in total. The highest BCUT2D eigenvalue weighted by Crippen LogP contribution is 2.28. The zero-order chi connectivity index (χ0) is 20.2. The van der Waals surface area contributed by atoms with E-state index in [1.165, 1.54) is 0 Å². The molecule has 1 aromatic carbocycles. The van der Waals surface area contributed by atoms with Crippen molar-refractivity contribution >= 4 is 23.2 Å². The van der Waals surface area contributed by atoms with Crippen LogP contribution in [-0.4, -0.2) is 42.9 Å². The van der Waals surface area contributed by atoms with Crippen molar-refractivity contribution in [1.82, 2.24) is 4.90 Å². The molecular weight excluding hydrogens is 338 g/mol. The quantitative estimate of drug-likeness (QED) is 0.765. The Balaban J connectivity index is 2.09. The fourth-order valence-corrected chi connectivity index (χ4v) is 3.56. The van der Waals surface area contributed by atoms with E-state index in [1.807, 2.05) is 24.0 Å². The van der Waals surface area contributed by atoms with E-state index >= 15 is 0 Å². The van der Waals surface area contributed by atoms with Crippen LogP contribution in [0.3, 0.4) is 0 Å². The first-order valence-corrected chi connectivity index (χ1v) is 10.2. The molecule has 150 valence electrons. The van der Waals surface area contributed by atoms with E-state index in [9.17, 15) is 9.59 Å². The van der Waals surface area contributed by atoms with E-state index in [2.05, 4.69) is 37.1 Å². The lowest BCUT2D eigenvalue weighted by atomic mass is 9.88. The molecule has 0 spiro atoms. The number of nitrogens with one attached hydrogen (secondary N) is 1. The predicted octanol–water partition coefficient (Wildman–Crippen LogP) is 4.06. The van der Waals surface area contributed by atoms with Crippen molar-refractivity contribution < 1.29 is 9.59 Å². The molecule has 27 heavy (non-hydrogen) atoms. The Labute approximate surface area is 164 Å². The second kappa shape index (κ2) is 8.77. The predicted molar refractivity (Wildman–Crippen MR) is 112 cm³/mol. The van der Waals surface area contributed by atoms with Crippen LogP contribution in [0.4, 0.5) is 11.4 Å². The van der Waals surface area contributed by atoms with Gasteiger partial charge in [-0.25, -0.2) is 0 Å². The molecule has 1 heterocycles. The van der Waals surface area contributed by atoms with Gasteiger partial charge in [-0.3, -0.25) is 9.59 Å². The highest BCUT2D eigenvalue weighted by Gasteiger charge is 2.40. The Bertz CT molecular complexity index is 672. The number of nitrogens with zero attached hydrogens (tertiary/aromatic N) is 2. The van der Waals surface area contributed by atoms with Gasteiger partial charge in [0.15, 0.2) is 0 Å². The fourth-order valence-electron chi connectivity index (χ4n) is 3.56. The highest BCUT2D eigenvalue weighted by atomic mass is 16.2. The number of carbonyl (C=O) groups is 2. The van der Waals surface area contributed by atoms with Gasteiger partial charge in [-0.15, -0.1) is 0 Å². The second-order valence-electron chi connectivity index (χ2n) is 8.23. The molecule has 0 aromatic heterocycles. The van der Waals surface area contributed by atoms with E-state index in [4.69, 9.17) is 0 Å². The van der Waals surface area contributed by atoms with Crippen LogP contribution >= 0.6 is 0 Å². The number of piperidine rings is 1. The van der Waals surface area contributed by atoms with Gasteiger partial charge in [-0.2, -0.15) is 0 Å². The second-order valence-corrected chi connectivity index (χ2v) is 8.23. The van der Waals surface area contributed by atoms with Gasteiger partial charge in [0.2, 0.25) is 11.8 Å². The summed E-state index contributed by atoms with van der Waals surface area (Å²) in [4.78, 5) is 29.9. The molecule has 1 aliphatic rings. The molecule has 0 unspecified atom stereocenters. The molecule has 1 aliphatic heterocycles. The van der Waals surface area contributed by atoms with Gasteiger partial charge < -0.3 is 15.1 Å². The molecule has 1 fully saturated rings. The number of rotatable bonds is 6. The summed E-state index contributed by atoms with van der Waals surface area (Å²) in [5, 5.41) is 2.98. The number of likely N-dealkylation sites (tertiary alicyclic amines) is 1. The molecule has 1 aromatic rings. The maximum Gasteiger partial charge on any atom is 0.239 e. The third-order valence-corrected chi connectivity index (χ3v) is 5.76. The summed E-state index contributed by atoms with van der Waals surface area (Å²) in [5.74, 6) is 0.326. The summed E-state index contributed by atoms with van der Waals surface area (Å²) in [6.45, 7) is 15.3. The van der Waals surface area contributed by atoms with Crippen molar-refractivity contribution in [3.05, 3.63) is 23.8 Å². The third-order valence-electron chi connectivity index (χ3n) is 5.76. The van der Waals surface area contributed by atoms with Gasteiger partial charge in [-0.05, 0) is 77.1 Å². The first-order valence-electron chi connectivity index (χ1n) is 10.2. The minimum absolute atomic E-state index is 0.0793. The first kappa shape index (κ1) is 21.3. The van der Waals surface area contributed by atoms with E-state index in [1.54, 1.807) is 13.8 Å². The van der Waals surface area contributed by atoms with Crippen LogP contribution in [0.5, 0.6) is 0 Å². The maximum atomic E-state index is 12.9. The average Bonchev–Trinajstić information content (AvgIpc) is 2.64. The monoisotopic (exact) mass is 373 g/mol. The normalized spacial score (nSPS) is 15.6. The summed E-state index contributed by atoms with van der Waals surface area (Å²) < 4.78 is 0. The molecule has 5 heteroatoms. The topological polar surface area (TPSA) is 52.7 Å². The summed E-state index contributed by atoms with van der Waals surface area (Å²) in [5.41, 5.74) is 1.84. The lowest BCUT2D eigenvalue weighted by Crippen LogP contribution is -2.49. The SMILES string of the molecule is CCN(CC)c1ccc(NC(=O)C(C)(C)C(=O)N2CCC(C)CC2)c(C)c1. The molecule has 0 bridgehead atoms. The molecule has 1 N–H and O–H groups in total. The molecule has 2 rings (SSSR count). The average molecular weight is 374 g/mol. The Morgan fingerprint density at radius 2 is 1.78 bits per heavy atom. The van der Waals surface area contributed by atoms with Gasteiger partial charge in [-0.1, -0.05) is 6.92 Å². The van der Waals surface area contributed by atoms with Crippen LogP contribution in [0.25, 0.3) is 0 Å². The Morgan fingerprint density at radius 3 is 2.30 bits per heavy atom. The highest BCUT2D eigenvalue weighted by molar-refractivity contribution is 6.10. The Morgan fingerprint density at radius 1 is 1.19 bits per heavy atom. The van der Waals surface area contributed by atoms with Crippen LogP contribution < -0.4 is 10.2 Å². The van der Waals surface area contributed by atoms with Gasteiger partial charge in [0, 0.05) is 37.6 Å². The smallest absolute Gasteiger partial charge is 0.239 e. The van der Waals surface area contributed by atoms with Crippen LogP contribution in [0.15, 0.2) is 18.2 Å².